The number of hydrogen-bond acceptors (Lipinski definition) is 2. The van der Waals surface area contributed by atoms with Crippen molar-refractivity contribution in [2.45, 2.75) is 26.8 Å². The van der Waals surface area contributed by atoms with Crippen LogP contribution in [0.15, 0.2) is 53.3 Å². The van der Waals surface area contributed by atoms with E-state index in [-0.39, 0.29) is 5.56 Å². The van der Waals surface area contributed by atoms with E-state index in [1.807, 2.05) is 38.1 Å². The molecule has 4 heteroatoms. The van der Waals surface area contributed by atoms with Gasteiger partial charge in [-0.05, 0) is 48.9 Å². The van der Waals surface area contributed by atoms with E-state index in [2.05, 4.69) is 18.2 Å². The zero-order chi connectivity index (χ0) is 17.3. The molecule has 3 aromatic rings. The van der Waals surface area contributed by atoms with E-state index < -0.39 is 11.5 Å². The first kappa shape index (κ1) is 16.0. The molecule has 3 rings (SSSR count). The van der Waals surface area contributed by atoms with E-state index in [0.29, 0.717) is 13.0 Å². The van der Waals surface area contributed by atoms with Gasteiger partial charge in [0, 0.05) is 6.54 Å². The molecule has 2 aromatic carbocycles. The predicted molar refractivity (Wildman–Crippen MR) is 94.8 cm³/mol. The lowest BCUT2D eigenvalue weighted by molar-refractivity contribution is 0.0694. The summed E-state index contributed by atoms with van der Waals surface area (Å²) in [5, 5.41) is 10.1. The predicted octanol–water partition coefficient (Wildman–Crippen LogP) is 3.56. The summed E-state index contributed by atoms with van der Waals surface area (Å²) in [7, 11) is 0. The fourth-order valence-corrected chi connectivity index (χ4v) is 3.00. The van der Waals surface area contributed by atoms with Crippen LogP contribution in [0.4, 0.5) is 0 Å². The lowest BCUT2D eigenvalue weighted by Crippen LogP contribution is -2.27. The van der Waals surface area contributed by atoms with Gasteiger partial charge in [-0.1, -0.05) is 42.0 Å². The number of pyridine rings is 1. The number of rotatable bonds is 4. The molecule has 0 fully saturated rings. The summed E-state index contributed by atoms with van der Waals surface area (Å²) in [4.78, 5) is 24.0. The minimum Gasteiger partial charge on any atom is -0.477 e. The van der Waals surface area contributed by atoms with E-state index >= 15 is 0 Å². The Kier molecular flexibility index (Phi) is 4.21. The van der Waals surface area contributed by atoms with Crippen LogP contribution >= 0.6 is 0 Å². The highest BCUT2D eigenvalue weighted by Crippen LogP contribution is 2.16. The number of carboxylic acids is 1. The smallest absolute Gasteiger partial charge is 0.341 e. The molecule has 0 bridgehead atoms. The van der Waals surface area contributed by atoms with Gasteiger partial charge in [0.1, 0.15) is 5.56 Å². The molecule has 1 aromatic heterocycles. The number of aromatic carboxylic acids is 1. The van der Waals surface area contributed by atoms with Gasteiger partial charge in [0.2, 0.25) is 0 Å². The molecule has 1 heterocycles. The molecule has 0 unspecified atom stereocenters. The van der Waals surface area contributed by atoms with Crippen LogP contribution in [0.2, 0.25) is 0 Å². The largest absolute Gasteiger partial charge is 0.477 e. The van der Waals surface area contributed by atoms with Crippen LogP contribution in [0.1, 0.15) is 27.0 Å². The van der Waals surface area contributed by atoms with Gasteiger partial charge >= 0.3 is 5.97 Å². The number of fused-ring (bicyclic) bond motifs is 1. The maximum atomic E-state index is 12.6. The standard InChI is InChI=1S/C20H19NO3/c1-13-7-8-14(2)15(11-13)9-10-21-18-6-4-3-5-16(18)12-17(19(21)22)20(23)24/h3-8,11-12H,9-10H2,1-2H3,(H,23,24). The van der Waals surface area contributed by atoms with Gasteiger partial charge < -0.3 is 9.67 Å². The molecule has 0 aliphatic heterocycles. The molecule has 0 aliphatic rings. The van der Waals surface area contributed by atoms with Gasteiger partial charge in [-0.3, -0.25) is 4.79 Å². The van der Waals surface area contributed by atoms with Gasteiger partial charge in [-0.2, -0.15) is 0 Å². The van der Waals surface area contributed by atoms with Crippen molar-refractivity contribution in [1.29, 1.82) is 0 Å². The second-order valence-electron chi connectivity index (χ2n) is 6.06. The van der Waals surface area contributed by atoms with Crippen molar-refractivity contribution in [3.63, 3.8) is 0 Å². The first-order chi connectivity index (χ1) is 11.5. The SMILES string of the molecule is Cc1ccc(C)c(CCn2c(=O)c(C(=O)O)cc3ccccc32)c1. The highest BCUT2D eigenvalue weighted by Gasteiger charge is 2.14. The Morgan fingerprint density at radius 2 is 1.83 bits per heavy atom. The Labute approximate surface area is 140 Å². The minimum atomic E-state index is -1.19. The third kappa shape index (κ3) is 2.95. The topological polar surface area (TPSA) is 59.3 Å². The Morgan fingerprint density at radius 1 is 1.08 bits per heavy atom. The average molecular weight is 321 g/mol. The third-order valence-electron chi connectivity index (χ3n) is 4.34. The molecule has 0 radical (unpaired) electrons. The zero-order valence-corrected chi connectivity index (χ0v) is 13.7. The second kappa shape index (κ2) is 6.32. The van der Waals surface area contributed by atoms with Gasteiger partial charge in [0.05, 0.1) is 5.52 Å². The normalized spacial score (nSPS) is 10.9. The molecule has 1 N–H and O–H groups in total. The Bertz CT molecular complexity index is 986. The van der Waals surface area contributed by atoms with Crippen molar-refractivity contribution >= 4 is 16.9 Å². The van der Waals surface area contributed by atoms with Crippen molar-refractivity contribution < 1.29 is 9.90 Å². The lowest BCUT2D eigenvalue weighted by Gasteiger charge is -2.13. The van der Waals surface area contributed by atoms with Gasteiger partial charge in [0.15, 0.2) is 0 Å². The molecule has 24 heavy (non-hydrogen) atoms. The number of para-hydroxylation sites is 1. The Morgan fingerprint density at radius 3 is 2.58 bits per heavy atom. The number of nitrogens with zero attached hydrogens (tertiary/aromatic N) is 1. The molecular formula is C20H19NO3. The first-order valence-corrected chi connectivity index (χ1v) is 7.89. The van der Waals surface area contributed by atoms with Crippen LogP contribution in [0.3, 0.4) is 0 Å². The van der Waals surface area contributed by atoms with E-state index in [0.717, 1.165) is 10.9 Å². The number of hydrogen-bond donors (Lipinski definition) is 1. The van der Waals surface area contributed by atoms with Crippen molar-refractivity contribution in [1.82, 2.24) is 4.57 Å². The molecule has 0 saturated heterocycles. The highest BCUT2D eigenvalue weighted by atomic mass is 16.4. The molecular weight excluding hydrogens is 302 g/mol. The van der Waals surface area contributed by atoms with Crippen molar-refractivity contribution in [3.8, 4) is 0 Å². The Balaban J connectivity index is 2.08. The van der Waals surface area contributed by atoms with Crippen LogP contribution in [-0.4, -0.2) is 15.6 Å². The quantitative estimate of drug-likeness (QED) is 0.799. The zero-order valence-electron chi connectivity index (χ0n) is 13.7. The molecule has 0 spiro atoms. The molecule has 122 valence electrons. The third-order valence-corrected chi connectivity index (χ3v) is 4.34. The fraction of sp³-hybridized carbons (Fsp3) is 0.200. The Hall–Kier alpha value is -2.88. The van der Waals surface area contributed by atoms with Crippen LogP contribution < -0.4 is 5.56 Å². The number of benzene rings is 2. The van der Waals surface area contributed by atoms with Crippen molar-refractivity contribution in [3.05, 3.63) is 81.1 Å². The fourth-order valence-electron chi connectivity index (χ4n) is 3.00. The first-order valence-electron chi connectivity index (χ1n) is 7.89. The number of aryl methyl sites for hydroxylation is 4. The van der Waals surface area contributed by atoms with E-state index in [1.165, 1.54) is 22.8 Å². The molecule has 4 nitrogen and oxygen atoms in total. The van der Waals surface area contributed by atoms with Crippen LogP contribution in [-0.2, 0) is 13.0 Å². The summed E-state index contributed by atoms with van der Waals surface area (Å²) in [5.41, 5.74) is 3.64. The highest BCUT2D eigenvalue weighted by molar-refractivity contribution is 5.92. The van der Waals surface area contributed by atoms with Crippen LogP contribution in [0.25, 0.3) is 10.9 Å². The van der Waals surface area contributed by atoms with Gasteiger partial charge in [-0.15, -0.1) is 0 Å². The van der Waals surface area contributed by atoms with E-state index in [1.54, 1.807) is 4.57 Å². The summed E-state index contributed by atoms with van der Waals surface area (Å²) in [6, 6.07) is 15.1. The minimum absolute atomic E-state index is 0.185. The lowest BCUT2D eigenvalue weighted by atomic mass is 10.0. The van der Waals surface area contributed by atoms with Crippen LogP contribution in [0, 0.1) is 13.8 Å². The average Bonchev–Trinajstić information content (AvgIpc) is 2.56. The van der Waals surface area contributed by atoms with Gasteiger partial charge in [0.25, 0.3) is 5.56 Å². The molecule has 0 saturated carbocycles. The number of carbonyl (C=O) groups is 1. The molecule has 0 aliphatic carbocycles. The van der Waals surface area contributed by atoms with Crippen LogP contribution in [0.5, 0.6) is 0 Å². The van der Waals surface area contributed by atoms with Crippen molar-refractivity contribution in [2.75, 3.05) is 0 Å². The summed E-state index contributed by atoms with van der Waals surface area (Å²) >= 11 is 0. The summed E-state index contributed by atoms with van der Waals surface area (Å²) in [5.74, 6) is -1.19. The summed E-state index contributed by atoms with van der Waals surface area (Å²) in [6.45, 7) is 4.53. The van der Waals surface area contributed by atoms with Crippen molar-refractivity contribution in [2.24, 2.45) is 0 Å². The number of carboxylic acid groups (broad SMARTS) is 1. The summed E-state index contributed by atoms with van der Waals surface area (Å²) < 4.78 is 1.57. The summed E-state index contributed by atoms with van der Waals surface area (Å²) in [6.07, 6.45) is 0.681. The molecule has 0 amide bonds. The van der Waals surface area contributed by atoms with E-state index in [4.69, 9.17) is 0 Å². The second-order valence-corrected chi connectivity index (χ2v) is 6.06. The number of aromatic nitrogens is 1. The maximum Gasteiger partial charge on any atom is 0.341 e. The maximum absolute atomic E-state index is 12.6. The van der Waals surface area contributed by atoms with Gasteiger partial charge in [-0.25, -0.2) is 4.79 Å². The van der Waals surface area contributed by atoms with E-state index in [9.17, 15) is 14.7 Å². The monoisotopic (exact) mass is 321 g/mol. The molecule has 0 atom stereocenters.